The molecule has 0 radical (unpaired) electrons. The number of rotatable bonds is 5. The highest BCUT2D eigenvalue weighted by Gasteiger charge is 2.42. The summed E-state index contributed by atoms with van der Waals surface area (Å²) in [5, 5.41) is 2.97. The molecule has 0 aliphatic heterocycles. The van der Waals surface area contributed by atoms with Gasteiger partial charge in [-0.2, -0.15) is 0 Å². The molecule has 0 heterocycles. The van der Waals surface area contributed by atoms with Crippen LogP contribution in [0.3, 0.4) is 0 Å². The summed E-state index contributed by atoms with van der Waals surface area (Å²) in [6.45, 7) is 0.887. The summed E-state index contributed by atoms with van der Waals surface area (Å²) in [7, 11) is 1.63. The van der Waals surface area contributed by atoms with Gasteiger partial charge in [-0.1, -0.05) is 22.4 Å². The number of hydrogen-bond donors (Lipinski definition) is 2. The van der Waals surface area contributed by atoms with Crippen LogP contribution in [-0.2, 0) is 11.3 Å². The maximum atomic E-state index is 12.2. The van der Waals surface area contributed by atoms with Gasteiger partial charge in [0.1, 0.15) is 5.75 Å². The van der Waals surface area contributed by atoms with E-state index in [0.717, 1.165) is 35.0 Å². The number of halogens is 1. The first-order chi connectivity index (χ1) is 9.11. The Kier molecular flexibility index (Phi) is 4.47. The lowest BCUT2D eigenvalue weighted by atomic mass is 9.68. The van der Waals surface area contributed by atoms with E-state index in [4.69, 9.17) is 10.5 Å². The standard InChI is InChI=1S/C14H19BrN2O2/c1-19-12-4-3-11(15)7-10(12)8-17-13(18)14(9-16)5-2-6-14/h3-4,7H,2,5-6,8-9,16H2,1H3,(H,17,18). The molecule has 1 aromatic rings. The Bertz CT molecular complexity index is 467. The van der Waals surface area contributed by atoms with Crippen LogP contribution < -0.4 is 15.8 Å². The summed E-state index contributed by atoms with van der Waals surface area (Å²) in [6.07, 6.45) is 2.88. The van der Waals surface area contributed by atoms with E-state index in [2.05, 4.69) is 21.2 Å². The molecule has 1 aromatic carbocycles. The second-order valence-corrected chi connectivity index (χ2v) is 5.89. The van der Waals surface area contributed by atoms with Gasteiger partial charge in [0.2, 0.25) is 5.91 Å². The summed E-state index contributed by atoms with van der Waals surface area (Å²) >= 11 is 3.42. The Morgan fingerprint density at radius 2 is 2.26 bits per heavy atom. The number of hydrogen-bond acceptors (Lipinski definition) is 3. The van der Waals surface area contributed by atoms with E-state index < -0.39 is 0 Å². The van der Waals surface area contributed by atoms with Gasteiger partial charge in [-0.3, -0.25) is 4.79 Å². The van der Waals surface area contributed by atoms with Crippen molar-refractivity contribution in [2.24, 2.45) is 11.1 Å². The van der Waals surface area contributed by atoms with E-state index in [0.29, 0.717) is 13.1 Å². The normalized spacial score (nSPS) is 16.6. The fraction of sp³-hybridized carbons (Fsp3) is 0.500. The molecule has 1 fully saturated rings. The minimum atomic E-state index is -0.334. The van der Waals surface area contributed by atoms with Gasteiger partial charge in [-0.15, -0.1) is 0 Å². The van der Waals surface area contributed by atoms with Crippen molar-refractivity contribution in [1.29, 1.82) is 0 Å². The highest BCUT2D eigenvalue weighted by molar-refractivity contribution is 9.10. The van der Waals surface area contributed by atoms with E-state index >= 15 is 0 Å². The topological polar surface area (TPSA) is 64.3 Å². The quantitative estimate of drug-likeness (QED) is 0.871. The van der Waals surface area contributed by atoms with Gasteiger partial charge >= 0.3 is 0 Å². The van der Waals surface area contributed by atoms with Gasteiger partial charge in [-0.05, 0) is 31.0 Å². The summed E-state index contributed by atoms with van der Waals surface area (Å²) < 4.78 is 6.26. The Balaban J connectivity index is 2.02. The van der Waals surface area contributed by atoms with Crippen LogP contribution >= 0.6 is 15.9 Å². The summed E-state index contributed by atoms with van der Waals surface area (Å²) in [6, 6.07) is 5.75. The van der Waals surface area contributed by atoms with Crippen molar-refractivity contribution in [2.75, 3.05) is 13.7 Å². The lowest BCUT2D eigenvalue weighted by Crippen LogP contribution is -2.50. The van der Waals surface area contributed by atoms with Gasteiger partial charge in [0.05, 0.1) is 12.5 Å². The van der Waals surface area contributed by atoms with Crippen molar-refractivity contribution in [1.82, 2.24) is 5.32 Å². The van der Waals surface area contributed by atoms with Crippen molar-refractivity contribution in [3.05, 3.63) is 28.2 Å². The fourth-order valence-corrected chi connectivity index (χ4v) is 2.78. The minimum Gasteiger partial charge on any atom is -0.496 e. The number of carbonyl (C=O) groups excluding carboxylic acids is 1. The molecule has 0 spiro atoms. The molecule has 1 aliphatic carbocycles. The van der Waals surface area contributed by atoms with Crippen LogP contribution in [0.2, 0.25) is 0 Å². The van der Waals surface area contributed by atoms with E-state index in [-0.39, 0.29) is 11.3 Å². The van der Waals surface area contributed by atoms with Crippen LogP contribution in [0, 0.1) is 5.41 Å². The Labute approximate surface area is 121 Å². The van der Waals surface area contributed by atoms with Crippen molar-refractivity contribution >= 4 is 21.8 Å². The lowest BCUT2D eigenvalue weighted by molar-refractivity contribution is -0.135. The third-order valence-corrected chi connectivity index (χ3v) is 4.36. The predicted molar refractivity (Wildman–Crippen MR) is 77.9 cm³/mol. The molecule has 0 saturated heterocycles. The number of amides is 1. The molecule has 5 heteroatoms. The van der Waals surface area contributed by atoms with E-state index in [1.807, 2.05) is 18.2 Å². The summed E-state index contributed by atoms with van der Waals surface area (Å²) in [4.78, 5) is 12.2. The molecule has 104 valence electrons. The zero-order valence-corrected chi connectivity index (χ0v) is 12.6. The third-order valence-electron chi connectivity index (χ3n) is 3.86. The molecule has 1 aliphatic rings. The first kappa shape index (κ1) is 14.3. The molecule has 4 nitrogen and oxygen atoms in total. The Morgan fingerprint density at radius 3 is 2.79 bits per heavy atom. The number of nitrogens with two attached hydrogens (primary N) is 1. The summed E-state index contributed by atoms with van der Waals surface area (Å²) in [5.41, 5.74) is 6.35. The Hall–Kier alpha value is -1.07. The maximum Gasteiger partial charge on any atom is 0.227 e. The van der Waals surface area contributed by atoms with Crippen molar-refractivity contribution in [3.8, 4) is 5.75 Å². The van der Waals surface area contributed by atoms with Crippen LogP contribution in [0.1, 0.15) is 24.8 Å². The second kappa shape index (κ2) is 5.92. The zero-order chi connectivity index (χ0) is 13.9. The van der Waals surface area contributed by atoms with Gasteiger partial charge in [0, 0.05) is 23.1 Å². The van der Waals surface area contributed by atoms with Crippen molar-refractivity contribution < 1.29 is 9.53 Å². The first-order valence-corrected chi connectivity index (χ1v) is 7.21. The number of methoxy groups -OCH3 is 1. The van der Waals surface area contributed by atoms with Crippen LogP contribution in [0.25, 0.3) is 0 Å². The smallest absolute Gasteiger partial charge is 0.227 e. The predicted octanol–water partition coefficient (Wildman–Crippen LogP) is 2.20. The van der Waals surface area contributed by atoms with Gasteiger partial charge in [0.15, 0.2) is 0 Å². The zero-order valence-electron chi connectivity index (χ0n) is 11.0. The highest BCUT2D eigenvalue weighted by atomic mass is 79.9. The van der Waals surface area contributed by atoms with Crippen LogP contribution in [-0.4, -0.2) is 19.6 Å². The molecule has 0 bridgehead atoms. The molecule has 0 aromatic heterocycles. The molecule has 1 saturated carbocycles. The largest absolute Gasteiger partial charge is 0.496 e. The average molecular weight is 327 g/mol. The molecule has 1 amide bonds. The molecule has 0 atom stereocenters. The van der Waals surface area contributed by atoms with Gasteiger partial charge in [0.25, 0.3) is 0 Å². The first-order valence-electron chi connectivity index (χ1n) is 6.42. The third kappa shape index (κ3) is 2.92. The highest BCUT2D eigenvalue weighted by Crippen LogP contribution is 2.40. The maximum absolute atomic E-state index is 12.2. The molecule has 19 heavy (non-hydrogen) atoms. The lowest BCUT2D eigenvalue weighted by Gasteiger charge is -2.39. The molecule has 0 unspecified atom stereocenters. The van der Waals surface area contributed by atoms with E-state index in [1.165, 1.54) is 0 Å². The van der Waals surface area contributed by atoms with Crippen LogP contribution in [0.15, 0.2) is 22.7 Å². The minimum absolute atomic E-state index is 0.0586. The van der Waals surface area contributed by atoms with Crippen LogP contribution in [0.4, 0.5) is 0 Å². The molecular formula is C14H19BrN2O2. The average Bonchev–Trinajstić information content (AvgIpc) is 2.36. The second-order valence-electron chi connectivity index (χ2n) is 4.98. The number of ether oxygens (including phenoxy) is 1. The van der Waals surface area contributed by atoms with E-state index in [9.17, 15) is 4.79 Å². The van der Waals surface area contributed by atoms with Crippen molar-refractivity contribution in [2.45, 2.75) is 25.8 Å². The SMILES string of the molecule is COc1ccc(Br)cc1CNC(=O)C1(CN)CCC1. The summed E-state index contributed by atoms with van der Waals surface area (Å²) in [5.74, 6) is 0.835. The number of carbonyl (C=O) groups is 1. The Morgan fingerprint density at radius 1 is 1.53 bits per heavy atom. The monoisotopic (exact) mass is 326 g/mol. The molecule has 2 rings (SSSR count). The molecular weight excluding hydrogens is 308 g/mol. The number of nitrogens with one attached hydrogen (secondary N) is 1. The van der Waals surface area contributed by atoms with Gasteiger partial charge in [-0.25, -0.2) is 0 Å². The molecule has 3 N–H and O–H groups in total. The fourth-order valence-electron chi connectivity index (χ4n) is 2.38. The van der Waals surface area contributed by atoms with E-state index in [1.54, 1.807) is 7.11 Å². The van der Waals surface area contributed by atoms with Crippen LogP contribution in [0.5, 0.6) is 5.75 Å². The number of benzene rings is 1. The van der Waals surface area contributed by atoms with Gasteiger partial charge < -0.3 is 15.8 Å². The van der Waals surface area contributed by atoms with Crippen molar-refractivity contribution in [3.63, 3.8) is 0 Å².